The summed E-state index contributed by atoms with van der Waals surface area (Å²) >= 11 is 0.750. The minimum absolute atomic E-state index is 0.0279. The molecule has 5 unspecified atom stereocenters. The van der Waals surface area contributed by atoms with E-state index in [-0.39, 0.29) is 22.4 Å². The first kappa shape index (κ1) is 22.4. The van der Waals surface area contributed by atoms with E-state index in [1.54, 1.807) is 11.8 Å². The largest absolute Gasteiger partial charge is 0.458 e. The van der Waals surface area contributed by atoms with E-state index >= 15 is 0 Å². The molecule has 4 aliphatic carbocycles. The molecule has 4 saturated carbocycles. The Hall–Kier alpha value is -0.810. The number of hydrogen-bond acceptors (Lipinski definition) is 5. The second kappa shape index (κ2) is 7.65. The molecule has 1 aliphatic heterocycles. The lowest BCUT2D eigenvalue weighted by molar-refractivity contribution is -0.168. The Morgan fingerprint density at radius 3 is 2.50 bits per heavy atom. The maximum atomic E-state index is 12.0. The average Bonchev–Trinajstić information content (AvgIpc) is 3.20. The molecular weight excluding hydrogens is 396 g/mol. The van der Waals surface area contributed by atoms with E-state index in [0.29, 0.717) is 24.2 Å². The highest BCUT2D eigenvalue weighted by Gasteiger charge is 2.79. The Morgan fingerprint density at radius 1 is 1.17 bits per heavy atom. The van der Waals surface area contributed by atoms with Crippen LogP contribution in [0.3, 0.4) is 0 Å². The molecule has 5 rings (SSSR count). The molecule has 1 N–H and O–H groups in total. The fraction of sp³-hybridized carbons (Fsp3) is 0.840. The van der Waals surface area contributed by atoms with Gasteiger partial charge in [-0.3, -0.25) is 4.79 Å². The molecule has 5 fully saturated rings. The van der Waals surface area contributed by atoms with Crippen LogP contribution in [-0.2, 0) is 14.3 Å². The molecule has 0 aromatic rings. The van der Waals surface area contributed by atoms with Crippen LogP contribution in [0.15, 0.2) is 11.6 Å². The molecule has 0 amide bonds. The SMILES string of the molecule is C/C=C1/CCC2C3CCC4(CCC(=O)O4)C3(C)C[C@H]3C[C@@]23C1(C)CCC=O.CSO. The third kappa shape index (κ3) is 2.76. The standard InChI is InChI=1S/C24H34O3.CH4OS/c1-4-16-6-7-19-18-8-11-23(12-9-20(26)27-23)22(18,3)14-17-15-24(17,19)21(16,2)10-5-13-25;1-3-2/h4,13,17-19H,5-12,14-15H2,1-3H3;2H,1H3/b16-4-;/t17-,18?,19?,21?,22?,23?,24-;/m0./s1. The van der Waals surface area contributed by atoms with Gasteiger partial charge in [-0.05, 0) is 98.9 Å². The molecule has 5 heteroatoms. The summed E-state index contributed by atoms with van der Waals surface area (Å²) in [6, 6.07) is 0. The van der Waals surface area contributed by atoms with Crippen LogP contribution in [0.2, 0.25) is 0 Å². The van der Waals surface area contributed by atoms with Crippen LogP contribution in [0.4, 0.5) is 0 Å². The molecule has 0 aromatic heterocycles. The predicted molar refractivity (Wildman–Crippen MR) is 120 cm³/mol. The summed E-state index contributed by atoms with van der Waals surface area (Å²) in [5.41, 5.74) is 2.16. The Kier molecular flexibility index (Phi) is 5.71. The minimum atomic E-state index is -0.177. The molecule has 0 bridgehead atoms. The lowest BCUT2D eigenvalue weighted by atomic mass is 9.46. The Labute approximate surface area is 185 Å². The van der Waals surface area contributed by atoms with Gasteiger partial charge >= 0.3 is 5.97 Å². The Morgan fingerprint density at radius 2 is 1.90 bits per heavy atom. The number of hydrogen-bond donors (Lipinski definition) is 1. The van der Waals surface area contributed by atoms with Crippen LogP contribution in [-0.4, -0.2) is 28.7 Å². The number of rotatable bonds is 3. The Bertz CT molecular complexity index is 749. The predicted octanol–water partition coefficient (Wildman–Crippen LogP) is 6.05. The summed E-state index contributed by atoms with van der Waals surface area (Å²) in [4.78, 5) is 23.3. The van der Waals surface area contributed by atoms with Crippen LogP contribution < -0.4 is 0 Å². The van der Waals surface area contributed by atoms with Gasteiger partial charge in [-0.1, -0.05) is 25.5 Å². The number of esters is 1. The first-order valence-corrected chi connectivity index (χ1v) is 13.0. The summed E-state index contributed by atoms with van der Waals surface area (Å²) in [6.07, 6.45) is 15.6. The van der Waals surface area contributed by atoms with Crippen molar-refractivity contribution in [1.29, 1.82) is 0 Å². The van der Waals surface area contributed by atoms with Crippen LogP contribution in [0.5, 0.6) is 0 Å². The molecule has 1 heterocycles. The highest BCUT2D eigenvalue weighted by molar-refractivity contribution is 7.93. The van der Waals surface area contributed by atoms with Gasteiger partial charge in [0.1, 0.15) is 11.9 Å². The van der Waals surface area contributed by atoms with E-state index in [4.69, 9.17) is 9.29 Å². The molecule has 5 aliphatic rings. The molecule has 0 aromatic carbocycles. The molecule has 1 saturated heterocycles. The molecule has 30 heavy (non-hydrogen) atoms. The summed E-state index contributed by atoms with van der Waals surface area (Å²) in [6.45, 7) is 7.12. The summed E-state index contributed by atoms with van der Waals surface area (Å²) in [7, 11) is 0. The lowest BCUT2D eigenvalue weighted by Crippen LogP contribution is -2.55. The average molecular weight is 435 g/mol. The van der Waals surface area contributed by atoms with Crippen molar-refractivity contribution in [3.63, 3.8) is 0 Å². The van der Waals surface area contributed by atoms with E-state index in [0.717, 1.165) is 49.4 Å². The summed E-state index contributed by atoms with van der Waals surface area (Å²) in [5.74, 6) is 2.18. The van der Waals surface area contributed by atoms with E-state index in [9.17, 15) is 9.59 Å². The molecule has 168 valence electrons. The topological polar surface area (TPSA) is 63.6 Å². The second-order valence-corrected chi connectivity index (χ2v) is 11.2. The van der Waals surface area contributed by atoms with Gasteiger partial charge in [-0.25, -0.2) is 0 Å². The van der Waals surface area contributed by atoms with Gasteiger partial charge in [-0.15, -0.1) is 0 Å². The number of ether oxygens (including phenoxy) is 1. The minimum Gasteiger partial charge on any atom is -0.458 e. The Balaban J connectivity index is 0.000000687. The highest BCUT2D eigenvalue weighted by Crippen LogP contribution is 2.84. The molecule has 7 atom stereocenters. The van der Waals surface area contributed by atoms with E-state index in [2.05, 4.69) is 26.8 Å². The summed E-state index contributed by atoms with van der Waals surface area (Å²) in [5, 5.41) is 0. The van der Waals surface area contributed by atoms with Gasteiger partial charge < -0.3 is 14.1 Å². The third-order valence-electron chi connectivity index (χ3n) is 10.3. The fourth-order valence-corrected chi connectivity index (χ4v) is 9.08. The molecule has 2 spiro atoms. The van der Waals surface area contributed by atoms with Crippen molar-refractivity contribution in [2.75, 3.05) is 6.26 Å². The number of carbonyl (C=O) groups excluding carboxylic acids is 2. The van der Waals surface area contributed by atoms with Crippen molar-refractivity contribution < 1.29 is 18.9 Å². The van der Waals surface area contributed by atoms with Crippen molar-refractivity contribution in [2.24, 2.45) is 34.0 Å². The number of carbonyl (C=O) groups is 2. The second-order valence-electron chi connectivity index (χ2n) is 10.9. The highest BCUT2D eigenvalue weighted by atomic mass is 32.2. The zero-order chi connectivity index (χ0) is 21.8. The van der Waals surface area contributed by atoms with Crippen molar-refractivity contribution in [3.8, 4) is 0 Å². The normalized spacial score (nSPS) is 49.6. The van der Waals surface area contributed by atoms with Gasteiger partial charge in [0.15, 0.2) is 0 Å². The molecule has 0 radical (unpaired) electrons. The number of allylic oxidation sites excluding steroid dienone is 2. The fourth-order valence-electron chi connectivity index (χ4n) is 9.08. The van der Waals surface area contributed by atoms with Gasteiger partial charge in [-0.2, -0.15) is 0 Å². The van der Waals surface area contributed by atoms with Crippen molar-refractivity contribution >= 4 is 24.3 Å². The first-order chi connectivity index (χ1) is 14.3. The van der Waals surface area contributed by atoms with Gasteiger partial charge in [0, 0.05) is 24.5 Å². The van der Waals surface area contributed by atoms with Crippen molar-refractivity contribution in [2.45, 2.75) is 90.6 Å². The first-order valence-electron chi connectivity index (χ1n) is 11.8. The molecule has 4 nitrogen and oxygen atoms in total. The van der Waals surface area contributed by atoms with Gasteiger partial charge in [0.05, 0.1) is 0 Å². The molecular formula is C25H38O4S. The van der Waals surface area contributed by atoms with E-state index in [1.807, 2.05) is 0 Å². The van der Waals surface area contributed by atoms with Crippen LogP contribution in [0, 0.1) is 34.0 Å². The van der Waals surface area contributed by atoms with Crippen molar-refractivity contribution in [1.82, 2.24) is 0 Å². The zero-order valence-corrected chi connectivity index (χ0v) is 19.9. The lowest BCUT2D eigenvalue weighted by Gasteiger charge is -2.59. The van der Waals surface area contributed by atoms with Gasteiger partial charge in [0.25, 0.3) is 0 Å². The van der Waals surface area contributed by atoms with Crippen LogP contribution >= 0.6 is 12.0 Å². The maximum Gasteiger partial charge on any atom is 0.306 e. The smallest absolute Gasteiger partial charge is 0.306 e. The monoisotopic (exact) mass is 434 g/mol. The van der Waals surface area contributed by atoms with Gasteiger partial charge in [0.2, 0.25) is 0 Å². The van der Waals surface area contributed by atoms with Crippen molar-refractivity contribution in [3.05, 3.63) is 11.6 Å². The third-order valence-corrected chi connectivity index (χ3v) is 10.3. The maximum absolute atomic E-state index is 12.0. The van der Waals surface area contributed by atoms with Crippen LogP contribution in [0.25, 0.3) is 0 Å². The number of fused-ring (bicyclic) bond motifs is 3. The van der Waals surface area contributed by atoms with Crippen LogP contribution in [0.1, 0.15) is 85.0 Å². The van der Waals surface area contributed by atoms with E-state index < -0.39 is 0 Å². The van der Waals surface area contributed by atoms with E-state index in [1.165, 1.54) is 32.1 Å². The quantitative estimate of drug-likeness (QED) is 0.253. The number of aldehydes is 1. The summed E-state index contributed by atoms with van der Waals surface area (Å²) < 4.78 is 13.6. The zero-order valence-electron chi connectivity index (χ0n) is 19.0.